The monoisotopic (exact) mass is 296 g/mol. The summed E-state index contributed by atoms with van der Waals surface area (Å²) in [6.45, 7) is 8.40. The van der Waals surface area contributed by atoms with E-state index in [0.29, 0.717) is 6.54 Å². The summed E-state index contributed by atoms with van der Waals surface area (Å²) in [5.41, 5.74) is 1.12. The van der Waals surface area contributed by atoms with Crippen molar-refractivity contribution in [1.82, 2.24) is 14.7 Å². The summed E-state index contributed by atoms with van der Waals surface area (Å²) in [6, 6.07) is 2.29. The summed E-state index contributed by atoms with van der Waals surface area (Å²) in [4.78, 5) is 2.13. The summed E-state index contributed by atoms with van der Waals surface area (Å²) >= 11 is 1.10. The summed E-state index contributed by atoms with van der Waals surface area (Å²) in [6.07, 6.45) is 0.988. The number of halogens is 1. The van der Waals surface area contributed by atoms with E-state index < -0.39 is 0 Å². The first kappa shape index (κ1) is 15.3. The number of alkyl halides is 1. The van der Waals surface area contributed by atoms with Gasteiger partial charge in [-0.3, -0.25) is 9.58 Å². The molecule has 0 N–H and O–H groups in total. The Morgan fingerprint density at radius 2 is 2.30 bits per heavy atom. The van der Waals surface area contributed by atoms with E-state index in [0.717, 1.165) is 42.0 Å². The van der Waals surface area contributed by atoms with Crippen LogP contribution >= 0.6 is 11.8 Å². The van der Waals surface area contributed by atoms with Crippen LogP contribution in [-0.4, -0.2) is 41.0 Å². The molecule has 0 aliphatic carbocycles. The summed E-state index contributed by atoms with van der Waals surface area (Å²) < 4.78 is 14.5. The second-order valence-corrected chi connectivity index (χ2v) is 6.99. The quantitative estimate of drug-likeness (QED) is 0.633. The number of nitrogens with zero attached hydrogens (tertiary/aromatic N) is 4. The minimum atomic E-state index is -0.298. The second-order valence-electron chi connectivity index (χ2n) is 6.19. The lowest BCUT2D eigenvalue weighted by atomic mass is 9.92. The molecule has 2 rings (SSSR count). The van der Waals surface area contributed by atoms with Crippen molar-refractivity contribution in [2.45, 2.75) is 43.7 Å². The van der Waals surface area contributed by atoms with Gasteiger partial charge in [-0.1, -0.05) is 20.8 Å². The van der Waals surface area contributed by atoms with Gasteiger partial charge in [0.15, 0.2) is 0 Å². The van der Waals surface area contributed by atoms with Crippen LogP contribution in [0.4, 0.5) is 4.39 Å². The highest BCUT2D eigenvalue weighted by atomic mass is 32.2. The molecule has 6 heteroatoms. The van der Waals surface area contributed by atoms with Crippen molar-refractivity contribution >= 4 is 11.8 Å². The van der Waals surface area contributed by atoms with Gasteiger partial charge >= 0.3 is 0 Å². The molecule has 1 fully saturated rings. The van der Waals surface area contributed by atoms with Crippen molar-refractivity contribution in [2.75, 3.05) is 26.3 Å². The first-order valence-corrected chi connectivity index (χ1v) is 7.71. The molecule has 0 radical (unpaired) electrons. The Labute approximate surface area is 123 Å². The predicted octanol–water partition coefficient (Wildman–Crippen LogP) is 2.97. The average Bonchev–Trinajstić information content (AvgIpc) is 2.95. The molecule has 1 aliphatic heterocycles. The molecule has 0 unspecified atom stereocenters. The topological polar surface area (TPSA) is 44.9 Å². The van der Waals surface area contributed by atoms with E-state index >= 15 is 0 Å². The molecular formula is C14H21FN4S. The maximum absolute atomic E-state index is 12.4. The van der Waals surface area contributed by atoms with E-state index in [-0.39, 0.29) is 18.1 Å². The highest BCUT2D eigenvalue weighted by Crippen LogP contribution is 2.32. The van der Waals surface area contributed by atoms with Crippen molar-refractivity contribution in [2.24, 2.45) is 0 Å². The van der Waals surface area contributed by atoms with Gasteiger partial charge in [0.05, 0.1) is 6.04 Å². The number of thiocyanates is 1. The number of hydrogen-bond acceptors (Lipinski definition) is 4. The summed E-state index contributed by atoms with van der Waals surface area (Å²) in [5, 5.41) is 16.2. The number of nitriles is 1. The third kappa shape index (κ3) is 3.33. The first-order chi connectivity index (χ1) is 9.45. The molecule has 1 atom stereocenters. The fourth-order valence-corrected chi connectivity index (χ4v) is 3.03. The summed E-state index contributed by atoms with van der Waals surface area (Å²) in [7, 11) is 0. The van der Waals surface area contributed by atoms with Gasteiger partial charge in [0.1, 0.15) is 17.1 Å². The van der Waals surface area contributed by atoms with E-state index in [9.17, 15) is 4.39 Å². The Kier molecular flexibility index (Phi) is 4.71. The molecule has 1 aromatic heterocycles. The van der Waals surface area contributed by atoms with Crippen LogP contribution in [0.3, 0.4) is 0 Å². The van der Waals surface area contributed by atoms with E-state index in [4.69, 9.17) is 5.26 Å². The summed E-state index contributed by atoms with van der Waals surface area (Å²) in [5.74, 6) is 0. The van der Waals surface area contributed by atoms with Gasteiger partial charge in [-0.15, -0.1) is 0 Å². The Hall–Kier alpha value is -1.06. The molecule has 1 aliphatic rings. The molecule has 1 saturated heterocycles. The van der Waals surface area contributed by atoms with Gasteiger partial charge in [-0.05, 0) is 12.5 Å². The van der Waals surface area contributed by atoms with Crippen LogP contribution in [0.1, 0.15) is 38.9 Å². The Balaban J connectivity index is 2.24. The van der Waals surface area contributed by atoms with Crippen LogP contribution in [0.25, 0.3) is 0 Å². The number of likely N-dealkylation sites (tertiary alicyclic amines) is 1. The zero-order chi connectivity index (χ0) is 14.8. The van der Waals surface area contributed by atoms with Gasteiger partial charge in [-0.2, -0.15) is 10.4 Å². The molecule has 0 amide bonds. The van der Waals surface area contributed by atoms with Gasteiger partial charge in [0.25, 0.3) is 0 Å². The van der Waals surface area contributed by atoms with Crippen LogP contribution in [0.5, 0.6) is 0 Å². The van der Waals surface area contributed by atoms with Crippen LogP contribution in [0.15, 0.2) is 11.1 Å². The number of thioether (sulfide) groups is 1. The Bertz CT molecular complexity index is 500. The lowest BCUT2D eigenvalue weighted by Gasteiger charge is -2.23. The average molecular weight is 296 g/mol. The standard InChI is InChI=1S/C14H21FN4S/c1-14(2,3)12-8-13(20-10-16)17-19(12)11-4-6-18(9-11)7-5-15/h8,11H,4-7,9H2,1-3H3/t11-/m1/s1. The van der Waals surface area contributed by atoms with Crippen molar-refractivity contribution < 1.29 is 4.39 Å². The van der Waals surface area contributed by atoms with Crippen LogP contribution in [0.2, 0.25) is 0 Å². The zero-order valence-electron chi connectivity index (χ0n) is 12.3. The minimum Gasteiger partial charge on any atom is -0.299 e. The Morgan fingerprint density at radius 3 is 2.90 bits per heavy atom. The maximum Gasteiger partial charge on any atom is 0.140 e. The molecule has 4 nitrogen and oxygen atoms in total. The first-order valence-electron chi connectivity index (χ1n) is 6.90. The fourth-order valence-electron chi connectivity index (χ4n) is 2.64. The Morgan fingerprint density at radius 1 is 1.55 bits per heavy atom. The normalized spacial score (nSPS) is 20.2. The van der Waals surface area contributed by atoms with Crippen molar-refractivity contribution in [3.8, 4) is 5.40 Å². The zero-order valence-corrected chi connectivity index (χ0v) is 13.1. The fraction of sp³-hybridized carbons (Fsp3) is 0.714. The number of aromatic nitrogens is 2. The molecule has 0 aromatic carbocycles. The van der Waals surface area contributed by atoms with Crippen LogP contribution in [-0.2, 0) is 5.41 Å². The van der Waals surface area contributed by atoms with E-state index in [1.54, 1.807) is 0 Å². The highest BCUT2D eigenvalue weighted by molar-refractivity contribution is 8.03. The van der Waals surface area contributed by atoms with E-state index in [1.807, 2.05) is 6.07 Å². The van der Waals surface area contributed by atoms with Crippen molar-refractivity contribution in [3.63, 3.8) is 0 Å². The lowest BCUT2D eigenvalue weighted by molar-refractivity contribution is 0.281. The second kappa shape index (κ2) is 6.15. The van der Waals surface area contributed by atoms with E-state index in [2.05, 4.69) is 40.9 Å². The number of rotatable bonds is 4. The SMILES string of the molecule is CC(C)(C)c1cc(SC#N)nn1[C@@H]1CCN(CCF)C1. The van der Waals surface area contributed by atoms with Gasteiger partial charge < -0.3 is 0 Å². The molecule has 0 spiro atoms. The van der Waals surface area contributed by atoms with Gasteiger partial charge in [0.2, 0.25) is 0 Å². The molecule has 0 saturated carbocycles. The molecule has 0 bridgehead atoms. The maximum atomic E-state index is 12.4. The smallest absolute Gasteiger partial charge is 0.140 e. The number of hydrogen-bond donors (Lipinski definition) is 0. The van der Waals surface area contributed by atoms with E-state index in [1.165, 1.54) is 0 Å². The molecule has 110 valence electrons. The van der Waals surface area contributed by atoms with Gasteiger partial charge in [-0.25, -0.2) is 4.39 Å². The van der Waals surface area contributed by atoms with Crippen LogP contribution < -0.4 is 0 Å². The third-order valence-electron chi connectivity index (χ3n) is 3.63. The highest BCUT2D eigenvalue weighted by Gasteiger charge is 2.30. The third-order valence-corrected chi connectivity index (χ3v) is 4.13. The molecular weight excluding hydrogens is 275 g/mol. The molecule has 1 aromatic rings. The predicted molar refractivity (Wildman–Crippen MR) is 78.5 cm³/mol. The van der Waals surface area contributed by atoms with Crippen molar-refractivity contribution in [3.05, 3.63) is 11.8 Å². The minimum absolute atomic E-state index is 0.0191. The van der Waals surface area contributed by atoms with Crippen LogP contribution in [0, 0.1) is 10.7 Å². The lowest BCUT2D eigenvalue weighted by Crippen LogP contribution is -2.26. The van der Waals surface area contributed by atoms with Gasteiger partial charge in [0, 0.05) is 42.5 Å². The van der Waals surface area contributed by atoms with Crippen molar-refractivity contribution in [1.29, 1.82) is 5.26 Å². The molecule has 2 heterocycles. The molecule has 20 heavy (non-hydrogen) atoms. The largest absolute Gasteiger partial charge is 0.299 e.